The standard InChI is InChI=1S/C34H17BS2/c1-2-8-19-18(7-1)17-22-20-9-3-13-25-30(20)32-23(11-5-15-27(32)36-25)35-24-12-6-16-28-33(24)31-21(29(19)34(22)35)10-4-14-26(31)37-28/h1-17H. The van der Waals surface area contributed by atoms with Gasteiger partial charge >= 0.3 is 0 Å². The molecule has 0 aliphatic carbocycles. The first kappa shape index (κ1) is 19.2. The minimum Gasteiger partial charge on any atom is -0.135 e. The van der Waals surface area contributed by atoms with Gasteiger partial charge in [0.15, 0.2) is 0 Å². The van der Waals surface area contributed by atoms with Gasteiger partial charge in [-0.3, -0.25) is 0 Å². The molecule has 10 rings (SSSR count). The molecule has 3 heteroatoms. The molecule has 0 unspecified atom stereocenters. The van der Waals surface area contributed by atoms with Gasteiger partial charge in [-0.15, -0.1) is 22.7 Å². The number of hydrogen-bond acceptors (Lipinski definition) is 2. The van der Waals surface area contributed by atoms with Crippen LogP contribution < -0.4 is 16.4 Å². The van der Waals surface area contributed by atoms with Crippen LogP contribution >= 0.6 is 22.7 Å². The van der Waals surface area contributed by atoms with Crippen LogP contribution in [0.15, 0.2) is 103 Å². The van der Waals surface area contributed by atoms with Crippen molar-refractivity contribution in [2.45, 2.75) is 0 Å². The summed E-state index contributed by atoms with van der Waals surface area (Å²) in [7, 11) is 0. The first-order chi connectivity index (χ1) is 18.4. The summed E-state index contributed by atoms with van der Waals surface area (Å²) >= 11 is 3.87. The second-order valence-electron chi connectivity index (χ2n) is 10.4. The summed E-state index contributed by atoms with van der Waals surface area (Å²) in [5, 5.41) is 8.43. The van der Waals surface area contributed by atoms with E-state index in [1.54, 1.807) is 0 Å². The molecular formula is C34H17BS2. The molecule has 4 heterocycles. The third-order valence-electron chi connectivity index (χ3n) is 8.67. The molecule has 0 nitrogen and oxygen atoms in total. The minimum atomic E-state index is 0.178. The molecule has 0 radical (unpaired) electrons. The predicted molar refractivity (Wildman–Crippen MR) is 165 cm³/mol. The largest absolute Gasteiger partial charge is 0.244 e. The fourth-order valence-corrected chi connectivity index (χ4v) is 9.69. The maximum absolute atomic E-state index is 2.48. The lowest BCUT2D eigenvalue weighted by Crippen LogP contribution is -2.53. The Morgan fingerprint density at radius 3 is 1.73 bits per heavy atom. The summed E-state index contributed by atoms with van der Waals surface area (Å²) in [4.78, 5) is 0. The van der Waals surface area contributed by atoms with E-state index in [1.807, 2.05) is 22.7 Å². The lowest BCUT2D eigenvalue weighted by Gasteiger charge is -2.23. The number of fused-ring (bicyclic) bond motifs is 6. The highest BCUT2D eigenvalue weighted by Crippen LogP contribution is 2.47. The molecule has 0 saturated carbocycles. The Hall–Kier alpha value is -3.92. The molecule has 0 saturated heterocycles. The van der Waals surface area contributed by atoms with Gasteiger partial charge in [-0.2, -0.15) is 0 Å². The summed E-state index contributed by atoms with van der Waals surface area (Å²) < 4.78 is 5.55. The van der Waals surface area contributed by atoms with E-state index in [9.17, 15) is 0 Å². The fraction of sp³-hybridized carbons (Fsp3) is 0. The molecule has 2 aromatic heterocycles. The molecule has 2 aliphatic heterocycles. The first-order valence-electron chi connectivity index (χ1n) is 12.8. The van der Waals surface area contributed by atoms with Crippen LogP contribution in [-0.4, -0.2) is 6.71 Å². The Bertz CT molecular complexity index is 2310. The average molecular weight is 500 g/mol. The Morgan fingerprint density at radius 1 is 0.459 bits per heavy atom. The zero-order valence-corrected chi connectivity index (χ0v) is 21.3. The van der Waals surface area contributed by atoms with Crippen LogP contribution in [0.25, 0.3) is 73.4 Å². The molecule has 6 aromatic carbocycles. The third-order valence-corrected chi connectivity index (χ3v) is 10.9. The van der Waals surface area contributed by atoms with E-state index < -0.39 is 0 Å². The Morgan fingerprint density at radius 2 is 1.03 bits per heavy atom. The smallest absolute Gasteiger partial charge is 0.135 e. The van der Waals surface area contributed by atoms with Crippen molar-refractivity contribution >= 4 is 96.9 Å². The Balaban J connectivity index is 1.59. The van der Waals surface area contributed by atoms with Crippen molar-refractivity contribution < 1.29 is 0 Å². The van der Waals surface area contributed by atoms with E-state index in [0.29, 0.717) is 0 Å². The SMILES string of the molecule is c1ccc2c3c4c(cc2c1)-c1cccc2sc5cccc(c5c12)B4c1cccc2sc4cccc-3c4c12. The summed E-state index contributed by atoms with van der Waals surface area (Å²) in [6, 6.07) is 39.4. The molecule has 0 amide bonds. The number of rotatable bonds is 0. The van der Waals surface area contributed by atoms with E-state index in [-0.39, 0.29) is 6.71 Å². The van der Waals surface area contributed by atoms with E-state index >= 15 is 0 Å². The fourth-order valence-electron chi connectivity index (χ4n) is 7.36. The third kappa shape index (κ3) is 2.19. The quantitative estimate of drug-likeness (QED) is 0.185. The predicted octanol–water partition coefficient (Wildman–Crippen LogP) is 8.05. The van der Waals surface area contributed by atoms with E-state index in [2.05, 4.69) is 103 Å². The van der Waals surface area contributed by atoms with E-state index in [1.165, 1.54) is 89.8 Å². The summed E-state index contributed by atoms with van der Waals surface area (Å²) in [6.07, 6.45) is 0. The highest BCUT2D eigenvalue weighted by molar-refractivity contribution is 7.27. The normalized spacial score (nSPS) is 13.4. The van der Waals surface area contributed by atoms with Crippen molar-refractivity contribution in [2.75, 3.05) is 0 Å². The van der Waals surface area contributed by atoms with E-state index in [0.717, 1.165) is 0 Å². The molecule has 0 N–H and O–H groups in total. The zero-order valence-electron chi connectivity index (χ0n) is 19.7. The highest BCUT2D eigenvalue weighted by atomic mass is 32.1. The average Bonchev–Trinajstić information content (AvgIpc) is 3.44. The molecular weight excluding hydrogens is 483 g/mol. The van der Waals surface area contributed by atoms with Crippen molar-refractivity contribution in [3.05, 3.63) is 103 Å². The summed E-state index contributed by atoms with van der Waals surface area (Å²) in [5.74, 6) is 0. The summed E-state index contributed by atoms with van der Waals surface area (Å²) in [6.45, 7) is 0.178. The molecule has 168 valence electrons. The van der Waals surface area contributed by atoms with Crippen LogP contribution in [0.2, 0.25) is 0 Å². The minimum absolute atomic E-state index is 0.178. The maximum Gasteiger partial charge on any atom is 0.244 e. The van der Waals surface area contributed by atoms with Crippen LogP contribution in [-0.2, 0) is 0 Å². The number of hydrogen-bond donors (Lipinski definition) is 0. The van der Waals surface area contributed by atoms with Gasteiger partial charge in [0.25, 0.3) is 0 Å². The number of thiophene rings is 2. The molecule has 0 spiro atoms. The van der Waals surface area contributed by atoms with E-state index in [4.69, 9.17) is 0 Å². The molecule has 2 aliphatic rings. The van der Waals surface area contributed by atoms with Gasteiger partial charge in [0, 0.05) is 29.6 Å². The molecule has 0 fully saturated rings. The van der Waals surface area contributed by atoms with Crippen LogP contribution in [0.5, 0.6) is 0 Å². The molecule has 0 atom stereocenters. The van der Waals surface area contributed by atoms with Crippen LogP contribution in [0.4, 0.5) is 0 Å². The van der Waals surface area contributed by atoms with Crippen molar-refractivity contribution in [1.29, 1.82) is 0 Å². The van der Waals surface area contributed by atoms with Gasteiger partial charge in [0.2, 0.25) is 6.71 Å². The molecule has 0 bridgehead atoms. The Kier molecular flexibility index (Phi) is 3.38. The van der Waals surface area contributed by atoms with Crippen molar-refractivity contribution in [2.24, 2.45) is 0 Å². The zero-order chi connectivity index (χ0) is 23.8. The summed E-state index contributed by atoms with van der Waals surface area (Å²) in [5.41, 5.74) is 9.95. The van der Waals surface area contributed by atoms with Crippen molar-refractivity contribution in [1.82, 2.24) is 0 Å². The second kappa shape index (κ2) is 6.50. The molecule has 37 heavy (non-hydrogen) atoms. The van der Waals surface area contributed by atoms with Gasteiger partial charge in [0.05, 0.1) is 0 Å². The van der Waals surface area contributed by atoms with Crippen LogP contribution in [0, 0.1) is 0 Å². The Labute approximate surface area is 221 Å². The van der Waals surface area contributed by atoms with Gasteiger partial charge < -0.3 is 0 Å². The first-order valence-corrected chi connectivity index (χ1v) is 14.4. The second-order valence-corrected chi connectivity index (χ2v) is 12.5. The topological polar surface area (TPSA) is 0 Å². The monoisotopic (exact) mass is 500 g/mol. The lowest BCUT2D eigenvalue weighted by atomic mass is 9.35. The lowest BCUT2D eigenvalue weighted by molar-refractivity contribution is 1.72. The maximum atomic E-state index is 2.48. The number of benzene rings is 6. The van der Waals surface area contributed by atoms with Gasteiger partial charge in [-0.05, 0) is 74.1 Å². The van der Waals surface area contributed by atoms with Gasteiger partial charge in [-0.1, -0.05) is 89.2 Å². The van der Waals surface area contributed by atoms with Gasteiger partial charge in [-0.25, -0.2) is 0 Å². The van der Waals surface area contributed by atoms with Crippen molar-refractivity contribution in [3.8, 4) is 22.3 Å². The molecule has 8 aromatic rings. The van der Waals surface area contributed by atoms with Crippen LogP contribution in [0.3, 0.4) is 0 Å². The highest BCUT2D eigenvalue weighted by Gasteiger charge is 2.38. The van der Waals surface area contributed by atoms with Crippen molar-refractivity contribution in [3.63, 3.8) is 0 Å². The van der Waals surface area contributed by atoms with Gasteiger partial charge in [0.1, 0.15) is 0 Å². The van der Waals surface area contributed by atoms with Crippen LogP contribution in [0.1, 0.15) is 0 Å².